The first-order valence-electron chi connectivity index (χ1n) is 6.58. The lowest BCUT2D eigenvalue weighted by Crippen LogP contribution is -2.44. The third kappa shape index (κ3) is 3.33. The van der Waals surface area contributed by atoms with E-state index in [1.807, 2.05) is 26.0 Å². The van der Waals surface area contributed by atoms with Crippen LogP contribution in [0, 0.1) is 6.92 Å². The molecule has 2 heterocycles. The second kappa shape index (κ2) is 5.47. The fourth-order valence-electron chi connectivity index (χ4n) is 2.29. The number of hydrogen-bond donors (Lipinski definition) is 1. The van der Waals surface area contributed by atoms with Crippen molar-refractivity contribution in [3.63, 3.8) is 0 Å². The van der Waals surface area contributed by atoms with E-state index in [4.69, 9.17) is 4.42 Å². The molecule has 1 aliphatic rings. The Morgan fingerprint density at radius 1 is 1.50 bits per heavy atom. The van der Waals surface area contributed by atoms with Crippen LogP contribution in [0.5, 0.6) is 0 Å². The quantitative estimate of drug-likeness (QED) is 0.917. The summed E-state index contributed by atoms with van der Waals surface area (Å²) in [5.74, 6) is 1.67. The fraction of sp³-hybridized carbons (Fsp3) is 0.615. The summed E-state index contributed by atoms with van der Waals surface area (Å²) < 4.78 is 28.3. The van der Waals surface area contributed by atoms with Crippen LogP contribution in [0.1, 0.15) is 30.9 Å². The molecule has 0 aromatic carbocycles. The zero-order valence-electron chi connectivity index (χ0n) is 11.9. The Bertz CT molecular complexity index is 593. The van der Waals surface area contributed by atoms with Gasteiger partial charge in [-0.1, -0.05) is 0 Å². The van der Waals surface area contributed by atoms with Gasteiger partial charge in [0.15, 0.2) is 9.84 Å². The lowest BCUT2D eigenvalue weighted by atomic mass is 10.2. The Labute approximate surface area is 119 Å². The molecule has 0 saturated carbocycles. The summed E-state index contributed by atoms with van der Waals surface area (Å²) in [5, 5.41) is 2.81. The molecule has 1 N–H and O–H groups in total. The van der Waals surface area contributed by atoms with Crippen molar-refractivity contribution in [3.8, 4) is 0 Å². The lowest BCUT2D eigenvalue weighted by Gasteiger charge is -2.25. The second-order valence-corrected chi connectivity index (χ2v) is 7.52. The predicted octanol–water partition coefficient (Wildman–Crippen LogP) is 1.48. The molecule has 1 fully saturated rings. The minimum atomic E-state index is -2.99. The summed E-state index contributed by atoms with van der Waals surface area (Å²) in [4.78, 5) is 13.6. The molecule has 20 heavy (non-hydrogen) atoms. The van der Waals surface area contributed by atoms with Gasteiger partial charge in [0.1, 0.15) is 11.5 Å². The van der Waals surface area contributed by atoms with Crippen molar-refractivity contribution in [3.05, 3.63) is 23.7 Å². The SMILES string of the molecule is Cc1ccc([C@H](C)NC(=O)N(C)[C@H]2CCS(=O)(=O)C2)o1. The van der Waals surface area contributed by atoms with Gasteiger partial charge in [0.05, 0.1) is 17.5 Å². The average Bonchev–Trinajstić information content (AvgIpc) is 2.94. The molecule has 2 rings (SSSR count). The van der Waals surface area contributed by atoms with E-state index in [1.54, 1.807) is 7.05 Å². The highest BCUT2D eigenvalue weighted by Gasteiger charge is 2.33. The number of sulfone groups is 1. The van der Waals surface area contributed by atoms with Crippen LogP contribution in [0.4, 0.5) is 4.79 Å². The van der Waals surface area contributed by atoms with Crippen LogP contribution >= 0.6 is 0 Å². The first-order valence-corrected chi connectivity index (χ1v) is 8.41. The summed E-state index contributed by atoms with van der Waals surface area (Å²) >= 11 is 0. The van der Waals surface area contributed by atoms with Gasteiger partial charge in [0.2, 0.25) is 0 Å². The van der Waals surface area contributed by atoms with E-state index < -0.39 is 9.84 Å². The molecular weight excluding hydrogens is 280 g/mol. The number of aryl methyl sites for hydroxylation is 1. The van der Waals surface area contributed by atoms with Crippen LogP contribution in [0.2, 0.25) is 0 Å². The second-order valence-electron chi connectivity index (χ2n) is 5.29. The van der Waals surface area contributed by atoms with E-state index in [1.165, 1.54) is 4.90 Å². The van der Waals surface area contributed by atoms with E-state index in [0.29, 0.717) is 12.2 Å². The Balaban J connectivity index is 1.94. The standard InChI is InChI=1S/C13H20N2O4S/c1-9-4-5-12(19-9)10(2)14-13(16)15(3)11-6-7-20(17,18)8-11/h4-5,10-11H,6-8H2,1-3H3,(H,14,16)/t10-,11-/m0/s1. The van der Waals surface area contributed by atoms with Gasteiger partial charge >= 0.3 is 6.03 Å². The normalized spacial score (nSPS) is 22.4. The number of hydrogen-bond acceptors (Lipinski definition) is 4. The fourth-order valence-corrected chi connectivity index (χ4v) is 4.07. The molecule has 0 bridgehead atoms. The molecule has 7 heteroatoms. The molecular formula is C13H20N2O4S. The van der Waals surface area contributed by atoms with Crippen molar-refractivity contribution in [1.29, 1.82) is 0 Å². The maximum Gasteiger partial charge on any atom is 0.318 e. The zero-order valence-corrected chi connectivity index (χ0v) is 12.7. The van der Waals surface area contributed by atoms with Crippen molar-refractivity contribution >= 4 is 15.9 Å². The Kier molecular flexibility index (Phi) is 4.08. The maximum absolute atomic E-state index is 12.1. The van der Waals surface area contributed by atoms with Crippen LogP contribution in [0.25, 0.3) is 0 Å². The van der Waals surface area contributed by atoms with Crippen LogP contribution < -0.4 is 5.32 Å². The lowest BCUT2D eigenvalue weighted by molar-refractivity contribution is 0.190. The smallest absolute Gasteiger partial charge is 0.318 e. The summed E-state index contributed by atoms with van der Waals surface area (Å²) in [6, 6.07) is 2.88. The molecule has 1 aromatic rings. The van der Waals surface area contributed by atoms with E-state index in [9.17, 15) is 13.2 Å². The van der Waals surface area contributed by atoms with Crippen LogP contribution in [-0.2, 0) is 9.84 Å². The van der Waals surface area contributed by atoms with Crippen molar-refractivity contribution in [1.82, 2.24) is 10.2 Å². The number of rotatable bonds is 3. The van der Waals surface area contributed by atoms with Crippen molar-refractivity contribution < 1.29 is 17.6 Å². The number of nitrogens with zero attached hydrogens (tertiary/aromatic N) is 1. The molecule has 112 valence electrons. The summed E-state index contributed by atoms with van der Waals surface area (Å²) in [6.45, 7) is 3.67. The van der Waals surface area contributed by atoms with Crippen molar-refractivity contribution in [2.75, 3.05) is 18.6 Å². The molecule has 1 saturated heterocycles. The summed E-state index contributed by atoms with van der Waals surface area (Å²) in [7, 11) is -1.37. The Hall–Kier alpha value is -1.50. The third-order valence-electron chi connectivity index (χ3n) is 3.60. The predicted molar refractivity (Wildman–Crippen MR) is 75.2 cm³/mol. The first-order chi connectivity index (χ1) is 9.28. The highest BCUT2D eigenvalue weighted by atomic mass is 32.2. The number of amides is 2. The van der Waals surface area contributed by atoms with Gasteiger partial charge in [0, 0.05) is 13.1 Å². The van der Waals surface area contributed by atoms with Gasteiger partial charge in [0.25, 0.3) is 0 Å². The van der Waals surface area contributed by atoms with Gasteiger partial charge in [-0.15, -0.1) is 0 Å². The molecule has 2 amide bonds. The molecule has 1 aromatic heterocycles. The number of urea groups is 1. The molecule has 2 atom stereocenters. The topological polar surface area (TPSA) is 79.6 Å². The van der Waals surface area contributed by atoms with Gasteiger partial charge in [-0.2, -0.15) is 0 Å². The number of furan rings is 1. The monoisotopic (exact) mass is 300 g/mol. The van der Waals surface area contributed by atoms with Crippen molar-refractivity contribution in [2.24, 2.45) is 0 Å². The zero-order chi connectivity index (χ0) is 14.9. The molecule has 0 radical (unpaired) electrons. The molecule has 1 aliphatic heterocycles. The highest BCUT2D eigenvalue weighted by Crippen LogP contribution is 2.19. The van der Waals surface area contributed by atoms with E-state index in [2.05, 4.69) is 5.32 Å². The van der Waals surface area contributed by atoms with Gasteiger partial charge in [-0.25, -0.2) is 13.2 Å². The number of carbonyl (C=O) groups excluding carboxylic acids is 1. The van der Waals surface area contributed by atoms with Gasteiger partial charge in [-0.3, -0.25) is 0 Å². The third-order valence-corrected chi connectivity index (χ3v) is 5.35. The average molecular weight is 300 g/mol. The summed E-state index contributed by atoms with van der Waals surface area (Å²) in [6.07, 6.45) is 0.500. The van der Waals surface area contributed by atoms with Gasteiger partial charge < -0.3 is 14.6 Å². The Morgan fingerprint density at radius 2 is 2.20 bits per heavy atom. The number of nitrogens with one attached hydrogen (secondary N) is 1. The van der Waals surface area contributed by atoms with Crippen LogP contribution in [0.15, 0.2) is 16.5 Å². The van der Waals surface area contributed by atoms with Crippen molar-refractivity contribution in [2.45, 2.75) is 32.4 Å². The highest BCUT2D eigenvalue weighted by molar-refractivity contribution is 7.91. The molecule has 0 unspecified atom stereocenters. The van der Waals surface area contributed by atoms with Crippen LogP contribution in [-0.4, -0.2) is 43.9 Å². The summed E-state index contributed by atoms with van der Waals surface area (Å²) in [5.41, 5.74) is 0. The first kappa shape index (κ1) is 14.9. The molecule has 6 nitrogen and oxygen atoms in total. The number of carbonyl (C=O) groups is 1. The van der Waals surface area contributed by atoms with E-state index in [-0.39, 0.29) is 29.6 Å². The Morgan fingerprint density at radius 3 is 2.70 bits per heavy atom. The minimum absolute atomic E-state index is 0.0468. The molecule has 0 aliphatic carbocycles. The van der Waals surface area contributed by atoms with E-state index in [0.717, 1.165) is 5.76 Å². The molecule has 0 spiro atoms. The largest absolute Gasteiger partial charge is 0.464 e. The van der Waals surface area contributed by atoms with Crippen LogP contribution in [0.3, 0.4) is 0 Å². The van der Waals surface area contributed by atoms with E-state index >= 15 is 0 Å². The van der Waals surface area contributed by atoms with Gasteiger partial charge in [-0.05, 0) is 32.4 Å². The maximum atomic E-state index is 12.1. The minimum Gasteiger partial charge on any atom is -0.464 e.